The minimum atomic E-state index is -0.788. The molecule has 10 atom stereocenters. The minimum absolute atomic E-state index is 0.0403. The van der Waals surface area contributed by atoms with E-state index in [1.165, 1.54) is 5.56 Å². The number of benzene rings is 1. The fourth-order valence-electron chi connectivity index (χ4n) is 9.13. The number of carbonyl (C=O) groups is 1. The zero-order valence-electron chi connectivity index (χ0n) is 24.1. The van der Waals surface area contributed by atoms with E-state index in [1.807, 2.05) is 19.9 Å². The van der Waals surface area contributed by atoms with Crippen LogP contribution in [0.1, 0.15) is 64.2 Å². The molecule has 0 spiro atoms. The number of aliphatic hydroxyl groups excluding tert-OH is 2. The van der Waals surface area contributed by atoms with Gasteiger partial charge >= 0.3 is 5.97 Å². The van der Waals surface area contributed by atoms with Crippen LogP contribution in [-0.2, 0) is 26.1 Å². The van der Waals surface area contributed by atoms with E-state index in [2.05, 4.69) is 33.8 Å². The molecule has 1 aromatic carbocycles. The molecule has 2 heterocycles. The lowest BCUT2D eigenvalue weighted by molar-refractivity contribution is -0.237. The highest BCUT2D eigenvalue weighted by Crippen LogP contribution is 2.71. The monoisotopic (exact) mass is 538 g/mol. The Morgan fingerprint density at radius 2 is 2.00 bits per heavy atom. The van der Waals surface area contributed by atoms with Crippen molar-refractivity contribution in [1.82, 2.24) is 0 Å². The summed E-state index contributed by atoms with van der Waals surface area (Å²) >= 11 is 0. The maximum absolute atomic E-state index is 12.9. The summed E-state index contributed by atoms with van der Waals surface area (Å²) in [6, 6.07) is 4.02. The quantitative estimate of drug-likeness (QED) is 0.527. The molecular formula is C32H42O7. The van der Waals surface area contributed by atoms with E-state index in [9.17, 15) is 15.0 Å². The van der Waals surface area contributed by atoms with Crippen molar-refractivity contribution in [2.45, 2.75) is 90.6 Å². The Morgan fingerprint density at radius 1 is 1.26 bits per heavy atom. The van der Waals surface area contributed by atoms with Crippen LogP contribution in [0.2, 0.25) is 0 Å². The summed E-state index contributed by atoms with van der Waals surface area (Å²) in [6.45, 7) is 12.8. The molecule has 6 rings (SSSR count). The zero-order chi connectivity index (χ0) is 28.1. The van der Waals surface area contributed by atoms with E-state index < -0.39 is 40.7 Å². The summed E-state index contributed by atoms with van der Waals surface area (Å²) in [5, 5.41) is 24.1. The summed E-state index contributed by atoms with van der Waals surface area (Å²) in [5.74, 6) is 0.103. The maximum Gasteiger partial charge on any atom is 0.308 e. The molecule has 10 unspecified atom stereocenters. The van der Waals surface area contributed by atoms with Crippen molar-refractivity contribution in [1.29, 1.82) is 0 Å². The number of ether oxygens (including phenoxy) is 3. The highest BCUT2D eigenvalue weighted by molar-refractivity contribution is 5.77. The number of furan rings is 1. The normalized spacial score (nSPS) is 40.9. The van der Waals surface area contributed by atoms with E-state index in [4.69, 9.17) is 18.6 Å². The van der Waals surface area contributed by atoms with Crippen LogP contribution in [0.15, 0.2) is 29.1 Å². The SMILES string of the molecule is CCC(C)C(=O)OC1CC(O)C2(C)C3C(OCC13C)C(O)C1(C)c3cc(OC)c(-c4ccoc4)c(C)c3CC12. The van der Waals surface area contributed by atoms with Crippen molar-refractivity contribution in [3.05, 3.63) is 41.3 Å². The summed E-state index contributed by atoms with van der Waals surface area (Å²) in [5.41, 5.74) is 3.60. The highest BCUT2D eigenvalue weighted by atomic mass is 16.6. The number of aliphatic hydroxyl groups is 2. The average molecular weight is 539 g/mol. The second-order valence-electron chi connectivity index (χ2n) is 13.2. The van der Waals surface area contributed by atoms with Crippen LogP contribution in [-0.4, -0.2) is 54.3 Å². The van der Waals surface area contributed by atoms with Gasteiger partial charge in [-0.15, -0.1) is 0 Å². The van der Waals surface area contributed by atoms with Crippen LogP contribution in [0.25, 0.3) is 11.1 Å². The molecule has 2 aromatic rings. The van der Waals surface area contributed by atoms with Gasteiger partial charge in [-0.05, 0) is 54.5 Å². The molecule has 0 radical (unpaired) electrons. The lowest BCUT2D eigenvalue weighted by atomic mass is 9.41. The molecule has 212 valence electrons. The fraction of sp³-hybridized carbons (Fsp3) is 0.656. The van der Waals surface area contributed by atoms with Gasteiger partial charge in [-0.2, -0.15) is 0 Å². The Kier molecular flexibility index (Phi) is 6.07. The summed E-state index contributed by atoms with van der Waals surface area (Å²) in [7, 11) is 1.67. The minimum Gasteiger partial charge on any atom is -0.496 e. The molecule has 39 heavy (non-hydrogen) atoms. The molecule has 3 fully saturated rings. The standard InChI is InChI=1S/C32H42O7/c1-8-16(2)29(35)39-24-13-23(33)32(6)22-11-19-17(3)25(18-9-10-37-14-18)21(36-7)12-20(19)31(22,5)28(34)26-27(32)30(24,4)15-38-26/h9-10,12,14,16,22-24,26-28,33-34H,8,11,13,15H2,1-7H3. The number of fused-ring (bicyclic) bond motifs is 4. The second-order valence-corrected chi connectivity index (χ2v) is 13.2. The summed E-state index contributed by atoms with van der Waals surface area (Å²) in [4.78, 5) is 12.9. The van der Waals surface area contributed by atoms with Crippen molar-refractivity contribution >= 4 is 5.97 Å². The molecule has 0 amide bonds. The van der Waals surface area contributed by atoms with E-state index in [-0.39, 0.29) is 23.7 Å². The predicted octanol–water partition coefficient (Wildman–Crippen LogP) is 4.82. The van der Waals surface area contributed by atoms with Crippen molar-refractivity contribution in [3.63, 3.8) is 0 Å². The van der Waals surface area contributed by atoms with E-state index in [1.54, 1.807) is 19.6 Å². The second kappa shape index (κ2) is 8.82. The fourth-order valence-corrected chi connectivity index (χ4v) is 9.13. The lowest BCUT2D eigenvalue weighted by Crippen LogP contribution is -2.71. The number of esters is 1. The molecule has 0 bridgehead atoms. The number of hydrogen-bond donors (Lipinski definition) is 2. The topological polar surface area (TPSA) is 98.4 Å². The van der Waals surface area contributed by atoms with Gasteiger partial charge in [0.25, 0.3) is 0 Å². The Bertz CT molecular complexity index is 1290. The molecule has 7 nitrogen and oxygen atoms in total. The molecule has 7 heteroatoms. The van der Waals surface area contributed by atoms with Crippen molar-refractivity contribution in [2.75, 3.05) is 13.7 Å². The van der Waals surface area contributed by atoms with Gasteiger partial charge in [0.1, 0.15) is 11.9 Å². The van der Waals surface area contributed by atoms with Crippen molar-refractivity contribution in [2.24, 2.45) is 28.6 Å². The summed E-state index contributed by atoms with van der Waals surface area (Å²) in [6.07, 6.45) is 2.74. The first kappa shape index (κ1) is 26.9. The van der Waals surface area contributed by atoms with Gasteiger partial charge in [-0.1, -0.05) is 34.6 Å². The third-order valence-electron chi connectivity index (χ3n) is 11.6. The van der Waals surface area contributed by atoms with Crippen LogP contribution in [0.4, 0.5) is 0 Å². The average Bonchev–Trinajstić information content (AvgIpc) is 3.64. The molecule has 4 aliphatic rings. The van der Waals surface area contributed by atoms with Gasteiger partial charge in [0, 0.05) is 39.7 Å². The van der Waals surface area contributed by atoms with Gasteiger partial charge < -0.3 is 28.8 Å². The number of methoxy groups -OCH3 is 1. The molecule has 1 saturated heterocycles. The Balaban J connectivity index is 1.47. The zero-order valence-corrected chi connectivity index (χ0v) is 24.1. The van der Waals surface area contributed by atoms with E-state index >= 15 is 0 Å². The molecule has 2 saturated carbocycles. The molecule has 2 N–H and O–H groups in total. The maximum atomic E-state index is 12.9. The van der Waals surface area contributed by atoms with Gasteiger partial charge in [0.2, 0.25) is 0 Å². The molecule has 1 aromatic heterocycles. The molecule has 3 aliphatic carbocycles. The molecule has 1 aliphatic heterocycles. The number of carbonyl (C=O) groups excluding carboxylic acids is 1. The Morgan fingerprint density at radius 3 is 2.64 bits per heavy atom. The highest BCUT2D eigenvalue weighted by Gasteiger charge is 2.75. The van der Waals surface area contributed by atoms with Crippen LogP contribution in [0.5, 0.6) is 5.75 Å². The van der Waals surface area contributed by atoms with Crippen molar-refractivity contribution in [3.8, 4) is 16.9 Å². The van der Waals surface area contributed by atoms with Gasteiger partial charge in [0.05, 0.1) is 50.5 Å². The van der Waals surface area contributed by atoms with Crippen LogP contribution < -0.4 is 4.74 Å². The Labute approximate surface area is 230 Å². The first-order valence-electron chi connectivity index (χ1n) is 14.4. The largest absolute Gasteiger partial charge is 0.496 e. The first-order valence-corrected chi connectivity index (χ1v) is 14.4. The van der Waals surface area contributed by atoms with Crippen LogP contribution in [0, 0.1) is 35.5 Å². The van der Waals surface area contributed by atoms with Gasteiger partial charge in [-0.25, -0.2) is 0 Å². The van der Waals surface area contributed by atoms with E-state index in [0.29, 0.717) is 19.4 Å². The predicted molar refractivity (Wildman–Crippen MR) is 145 cm³/mol. The number of rotatable bonds is 5. The van der Waals surface area contributed by atoms with Gasteiger partial charge in [0.15, 0.2) is 0 Å². The molecular weight excluding hydrogens is 496 g/mol. The third kappa shape index (κ3) is 3.30. The lowest BCUT2D eigenvalue weighted by Gasteiger charge is -2.64. The summed E-state index contributed by atoms with van der Waals surface area (Å²) < 4.78 is 23.8. The van der Waals surface area contributed by atoms with E-state index in [0.717, 1.165) is 34.4 Å². The first-order chi connectivity index (χ1) is 18.4. The van der Waals surface area contributed by atoms with Gasteiger partial charge in [-0.3, -0.25) is 4.79 Å². The Hall–Kier alpha value is -2.35. The van der Waals surface area contributed by atoms with Crippen LogP contribution in [0.3, 0.4) is 0 Å². The van der Waals surface area contributed by atoms with Crippen molar-refractivity contribution < 1.29 is 33.6 Å². The number of hydrogen-bond acceptors (Lipinski definition) is 7. The third-order valence-corrected chi connectivity index (χ3v) is 11.6. The van der Waals surface area contributed by atoms with Crippen LogP contribution >= 0.6 is 0 Å². The smallest absolute Gasteiger partial charge is 0.308 e.